The summed E-state index contributed by atoms with van der Waals surface area (Å²) >= 11 is 0. The molecule has 0 aromatic carbocycles. The highest BCUT2D eigenvalue weighted by Crippen LogP contribution is 1.82. The van der Waals surface area contributed by atoms with Crippen molar-refractivity contribution in [3.63, 3.8) is 0 Å². The van der Waals surface area contributed by atoms with Gasteiger partial charge in [0, 0.05) is 5.71 Å². The molecule has 0 spiro atoms. The van der Waals surface area contributed by atoms with E-state index in [9.17, 15) is 8.42 Å². The number of sulfonamides is 1. The summed E-state index contributed by atoms with van der Waals surface area (Å²) in [5.41, 5.74) is 0.769. The Morgan fingerprint density at radius 1 is 1.60 bits per heavy atom. The van der Waals surface area contributed by atoms with E-state index in [1.165, 1.54) is 0 Å². The van der Waals surface area contributed by atoms with Crippen molar-refractivity contribution in [2.75, 3.05) is 6.26 Å². The Labute approximate surface area is 61.4 Å². The van der Waals surface area contributed by atoms with Crippen LogP contribution < -0.4 is 4.83 Å². The highest BCUT2D eigenvalue weighted by molar-refractivity contribution is 7.88. The van der Waals surface area contributed by atoms with E-state index in [-0.39, 0.29) is 0 Å². The van der Waals surface area contributed by atoms with Gasteiger partial charge in [0.15, 0.2) is 0 Å². The second kappa shape index (κ2) is 3.55. The summed E-state index contributed by atoms with van der Waals surface area (Å²) in [6, 6.07) is 0. The maximum absolute atomic E-state index is 10.4. The summed E-state index contributed by atoms with van der Waals surface area (Å²) in [5, 5.41) is 3.59. The first-order valence-electron chi connectivity index (χ1n) is 2.95. The van der Waals surface area contributed by atoms with E-state index < -0.39 is 10.0 Å². The minimum Gasteiger partial charge on any atom is -0.206 e. The molecule has 0 aliphatic carbocycles. The van der Waals surface area contributed by atoms with Gasteiger partial charge >= 0.3 is 0 Å². The second-order valence-corrected chi connectivity index (χ2v) is 3.79. The van der Waals surface area contributed by atoms with Gasteiger partial charge in [-0.25, -0.2) is 13.2 Å². The van der Waals surface area contributed by atoms with Crippen LogP contribution in [0.25, 0.3) is 0 Å². The van der Waals surface area contributed by atoms with Gasteiger partial charge in [-0.15, -0.1) is 0 Å². The molecule has 0 bridgehead atoms. The first kappa shape index (κ1) is 9.42. The molecule has 0 heterocycles. The predicted octanol–water partition coefficient (Wildman–Crippen LogP) is 0.322. The number of hydrazone groups is 1. The molecule has 10 heavy (non-hydrogen) atoms. The van der Waals surface area contributed by atoms with Crippen molar-refractivity contribution in [3.8, 4) is 0 Å². The SMILES string of the molecule is CC/C(C)=N\NS(C)(=O)=O. The molecule has 0 saturated carbocycles. The molecule has 0 aliphatic rings. The van der Waals surface area contributed by atoms with Gasteiger partial charge in [0.1, 0.15) is 0 Å². The predicted molar refractivity (Wildman–Crippen MR) is 41.4 cm³/mol. The molecule has 5 heteroatoms. The molecule has 0 fully saturated rings. The summed E-state index contributed by atoms with van der Waals surface area (Å²) < 4.78 is 20.9. The van der Waals surface area contributed by atoms with E-state index in [2.05, 4.69) is 5.10 Å². The van der Waals surface area contributed by atoms with Crippen LogP contribution in [0.4, 0.5) is 0 Å². The minimum absolute atomic E-state index is 0.752. The molecular formula is C5H12N2O2S. The van der Waals surface area contributed by atoms with E-state index in [4.69, 9.17) is 0 Å². The van der Waals surface area contributed by atoms with Crippen LogP contribution in [-0.4, -0.2) is 20.4 Å². The van der Waals surface area contributed by atoms with Crippen LogP contribution in [-0.2, 0) is 10.0 Å². The second-order valence-electron chi connectivity index (χ2n) is 2.06. The topological polar surface area (TPSA) is 58.5 Å². The third-order valence-electron chi connectivity index (χ3n) is 0.914. The van der Waals surface area contributed by atoms with E-state index in [0.29, 0.717) is 0 Å². The van der Waals surface area contributed by atoms with Crippen molar-refractivity contribution in [2.24, 2.45) is 5.10 Å². The lowest BCUT2D eigenvalue weighted by atomic mass is 10.3. The zero-order chi connectivity index (χ0) is 8.20. The molecule has 1 N–H and O–H groups in total. The van der Waals surface area contributed by atoms with Crippen molar-refractivity contribution in [1.82, 2.24) is 4.83 Å². The van der Waals surface area contributed by atoms with Crippen molar-refractivity contribution < 1.29 is 8.42 Å². The van der Waals surface area contributed by atoms with Crippen LogP contribution in [0.5, 0.6) is 0 Å². The Hall–Kier alpha value is -0.580. The molecule has 0 aromatic rings. The number of nitrogens with one attached hydrogen (secondary N) is 1. The van der Waals surface area contributed by atoms with E-state index >= 15 is 0 Å². The van der Waals surface area contributed by atoms with Crippen LogP contribution in [0.1, 0.15) is 20.3 Å². The number of rotatable bonds is 3. The molecule has 0 radical (unpaired) electrons. The van der Waals surface area contributed by atoms with E-state index in [0.717, 1.165) is 18.4 Å². The molecule has 0 saturated heterocycles. The third kappa shape index (κ3) is 5.55. The van der Waals surface area contributed by atoms with Crippen molar-refractivity contribution in [3.05, 3.63) is 0 Å². The van der Waals surface area contributed by atoms with Crippen LogP contribution in [0.15, 0.2) is 5.10 Å². The van der Waals surface area contributed by atoms with Crippen LogP contribution in [0.3, 0.4) is 0 Å². The lowest BCUT2D eigenvalue weighted by Crippen LogP contribution is -2.16. The first-order chi connectivity index (χ1) is 4.45. The third-order valence-corrected chi connectivity index (χ3v) is 1.34. The first-order valence-corrected chi connectivity index (χ1v) is 4.84. The fourth-order valence-electron chi connectivity index (χ4n) is 0.240. The molecule has 0 rings (SSSR count). The maximum Gasteiger partial charge on any atom is 0.244 e. The van der Waals surface area contributed by atoms with Gasteiger partial charge < -0.3 is 0 Å². The number of hydrogen-bond donors (Lipinski definition) is 1. The summed E-state index contributed by atoms with van der Waals surface area (Å²) in [6.45, 7) is 3.67. The molecule has 60 valence electrons. The minimum atomic E-state index is -3.17. The standard InChI is InChI=1S/C5H12N2O2S/c1-4-5(2)6-7-10(3,8)9/h7H,4H2,1-3H3/b6-5-. The molecule has 0 aromatic heterocycles. The molecule has 0 aliphatic heterocycles. The zero-order valence-electron chi connectivity index (χ0n) is 6.38. The lowest BCUT2D eigenvalue weighted by molar-refractivity contribution is 0.590. The molecule has 0 atom stereocenters. The van der Waals surface area contributed by atoms with Crippen LogP contribution in [0, 0.1) is 0 Å². The fraction of sp³-hybridized carbons (Fsp3) is 0.800. The molecule has 4 nitrogen and oxygen atoms in total. The van der Waals surface area contributed by atoms with Gasteiger partial charge in [0.2, 0.25) is 10.0 Å². The van der Waals surface area contributed by atoms with Gasteiger partial charge in [-0.1, -0.05) is 6.92 Å². The summed E-state index contributed by atoms with van der Waals surface area (Å²) in [7, 11) is -3.17. The van der Waals surface area contributed by atoms with Crippen molar-refractivity contribution in [2.45, 2.75) is 20.3 Å². The maximum atomic E-state index is 10.4. The summed E-state index contributed by atoms with van der Waals surface area (Å²) in [6.07, 6.45) is 1.82. The Morgan fingerprint density at radius 3 is 2.40 bits per heavy atom. The largest absolute Gasteiger partial charge is 0.244 e. The Bertz CT molecular complexity index is 218. The molecule has 0 amide bonds. The molecule has 0 unspecified atom stereocenters. The van der Waals surface area contributed by atoms with Gasteiger partial charge in [0.25, 0.3) is 0 Å². The average molecular weight is 164 g/mol. The smallest absolute Gasteiger partial charge is 0.206 e. The summed E-state index contributed by atoms with van der Waals surface area (Å²) in [5.74, 6) is 0. The summed E-state index contributed by atoms with van der Waals surface area (Å²) in [4.78, 5) is 2.03. The van der Waals surface area contributed by atoms with Gasteiger partial charge in [0.05, 0.1) is 6.26 Å². The Morgan fingerprint density at radius 2 is 2.10 bits per heavy atom. The van der Waals surface area contributed by atoms with Gasteiger partial charge in [-0.3, -0.25) is 0 Å². The number of hydrogen-bond acceptors (Lipinski definition) is 3. The van der Waals surface area contributed by atoms with Gasteiger partial charge in [-0.2, -0.15) is 5.10 Å². The lowest BCUT2D eigenvalue weighted by Gasteiger charge is -1.96. The van der Waals surface area contributed by atoms with Crippen LogP contribution >= 0.6 is 0 Å². The zero-order valence-corrected chi connectivity index (χ0v) is 7.20. The highest BCUT2D eigenvalue weighted by Gasteiger charge is 1.94. The van der Waals surface area contributed by atoms with Crippen molar-refractivity contribution >= 4 is 15.7 Å². The quantitative estimate of drug-likeness (QED) is 0.482. The Balaban J connectivity index is 3.98. The average Bonchev–Trinajstić information content (AvgIpc) is 1.81. The fourth-order valence-corrected chi connectivity index (χ4v) is 0.562. The molecular weight excluding hydrogens is 152 g/mol. The monoisotopic (exact) mass is 164 g/mol. The number of nitrogens with zero attached hydrogens (tertiary/aromatic N) is 1. The Kier molecular flexibility index (Phi) is 3.35. The van der Waals surface area contributed by atoms with Crippen molar-refractivity contribution in [1.29, 1.82) is 0 Å². The van der Waals surface area contributed by atoms with E-state index in [1.54, 1.807) is 6.92 Å². The van der Waals surface area contributed by atoms with Crippen LogP contribution in [0.2, 0.25) is 0 Å². The van der Waals surface area contributed by atoms with E-state index in [1.807, 2.05) is 11.8 Å². The highest BCUT2D eigenvalue weighted by atomic mass is 32.2. The van der Waals surface area contributed by atoms with Gasteiger partial charge in [-0.05, 0) is 13.3 Å². The normalized spacial score (nSPS) is 13.3.